The summed E-state index contributed by atoms with van der Waals surface area (Å²) in [5, 5.41) is 12.7. The second-order valence-electron chi connectivity index (χ2n) is 4.13. The van der Waals surface area contributed by atoms with Gasteiger partial charge < -0.3 is 0 Å². The van der Waals surface area contributed by atoms with Crippen molar-refractivity contribution in [1.82, 2.24) is 14.8 Å². The number of primary sulfonamides is 1. The summed E-state index contributed by atoms with van der Waals surface area (Å²) in [6, 6.07) is 12.7. The molecule has 0 aliphatic carbocycles. The molecule has 0 atom stereocenters. The Balaban J connectivity index is 2.30. The second kappa shape index (κ2) is 5.34. The van der Waals surface area contributed by atoms with Crippen LogP contribution in [-0.2, 0) is 10.0 Å². The lowest BCUT2D eigenvalue weighted by Gasteiger charge is -2.07. The first-order valence-electron chi connectivity index (χ1n) is 5.76. The molecule has 0 spiro atoms. The van der Waals surface area contributed by atoms with Gasteiger partial charge in [0.1, 0.15) is 0 Å². The SMILES string of the molecule is NS(=O)(=O)c1nnc(-c2ccc(Br)s2)n1-c1ccccc1. The Kier molecular flexibility index (Phi) is 3.66. The molecular formula is C12H9BrN4O2S2. The Hall–Kier alpha value is -1.55. The third kappa shape index (κ3) is 2.77. The van der Waals surface area contributed by atoms with Crippen LogP contribution in [0, 0.1) is 0 Å². The van der Waals surface area contributed by atoms with Gasteiger partial charge in [0, 0.05) is 5.69 Å². The molecule has 0 saturated heterocycles. The number of halogens is 1. The third-order valence-electron chi connectivity index (χ3n) is 2.70. The van der Waals surface area contributed by atoms with Crippen LogP contribution < -0.4 is 5.14 Å². The minimum Gasteiger partial charge on any atom is -0.264 e. The summed E-state index contributed by atoms with van der Waals surface area (Å²) in [5.74, 6) is 0.431. The van der Waals surface area contributed by atoms with Crippen LogP contribution in [0.5, 0.6) is 0 Å². The van der Waals surface area contributed by atoms with Crippen molar-refractivity contribution in [3.8, 4) is 16.4 Å². The van der Waals surface area contributed by atoms with Gasteiger partial charge in [0.25, 0.3) is 15.2 Å². The minimum absolute atomic E-state index is 0.284. The van der Waals surface area contributed by atoms with Crippen molar-refractivity contribution in [3.05, 3.63) is 46.3 Å². The predicted octanol–water partition coefficient (Wildman–Crippen LogP) is 2.41. The van der Waals surface area contributed by atoms with E-state index in [0.717, 1.165) is 8.66 Å². The topological polar surface area (TPSA) is 90.9 Å². The third-order valence-corrected chi connectivity index (χ3v) is 5.09. The summed E-state index contributed by atoms with van der Waals surface area (Å²) >= 11 is 4.81. The maximum atomic E-state index is 11.7. The molecule has 9 heteroatoms. The lowest BCUT2D eigenvalue weighted by atomic mass is 10.3. The summed E-state index contributed by atoms with van der Waals surface area (Å²) in [6.45, 7) is 0. The molecule has 3 rings (SSSR count). The Morgan fingerprint density at radius 2 is 1.81 bits per heavy atom. The largest absolute Gasteiger partial charge is 0.274 e. The van der Waals surface area contributed by atoms with Crippen molar-refractivity contribution in [2.24, 2.45) is 5.14 Å². The number of aromatic nitrogens is 3. The summed E-state index contributed by atoms with van der Waals surface area (Å²) in [5.41, 5.74) is 0.631. The number of nitrogens with zero attached hydrogens (tertiary/aromatic N) is 3. The van der Waals surface area contributed by atoms with Crippen LogP contribution in [0.1, 0.15) is 0 Å². The normalized spacial score (nSPS) is 11.7. The van der Waals surface area contributed by atoms with E-state index in [4.69, 9.17) is 5.14 Å². The Bertz CT molecular complexity index is 887. The second-order valence-corrected chi connectivity index (χ2v) is 8.04. The number of hydrogen-bond donors (Lipinski definition) is 1. The highest BCUT2D eigenvalue weighted by Crippen LogP contribution is 2.32. The van der Waals surface area contributed by atoms with Crippen LogP contribution in [0.2, 0.25) is 0 Å². The first kappa shape index (κ1) is 14.4. The van der Waals surface area contributed by atoms with Gasteiger partial charge in [-0.3, -0.25) is 4.57 Å². The van der Waals surface area contributed by atoms with E-state index in [0.29, 0.717) is 11.5 Å². The molecule has 21 heavy (non-hydrogen) atoms. The van der Waals surface area contributed by atoms with E-state index < -0.39 is 10.0 Å². The molecule has 108 valence electrons. The average molecular weight is 385 g/mol. The molecule has 2 N–H and O–H groups in total. The highest BCUT2D eigenvalue weighted by atomic mass is 79.9. The zero-order valence-electron chi connectivity index (χ0n) is 10.5. The molecule has 0 fully saturated rings. The smallest absolute Gasteiger partial charge is 0.264 e. The predicted molar refractivity (Wildman–Crippen MR) is 83.7 cm³/mol. The number of thiophene rings is 1. The summed E-state index contributed by atoms with van der Waals surface area (Å²) in [4.78, 5) is 0.785. The number of benzene rings is 1. The molecule has 0 amide bonds. The van der Waals surface area contributed by atoms with Gasteiger partial charge in [-0.05, 0) is 40.2 Å². The van der Waals surface area contributed by atoms with Crippen molar-refractivity contribution in [2.75, 3.05) is 0 Å². The maximum Gasteiger partial charge on any atom is 0.274 e. The van der Waals surface area contributed by atoms with E-state index in [-0.39, 0.29) is 5.16 Å². The summed E-state index contributed by atoms with van der Waals surface area (Å²) in [6.07, 6.45) is 0. The van der Waals surface area contributed by atoms with Crippen LogP contribution >= 0.6 is 27.3 Å². The van der Waals surface area contributed by atoms with Crippen LogP contribution in [0.3, 0.4) is 0 Å². The fourth-order valence-electron chi connectivity index (χ4n) is 1.86. The van der Waals surface area contributed by atoms with Crippen molar-refractivity contribution >= 4 is 37.3 Å². The van der Waals surface area contributed by atoms with E-state index in [9.17, 15) is 8.42 Å². The van der Waals surface area contributed by atoms with Gasteiger partial charge in [0.15, 0.2) is 5.82 Å². The summed E-state index contributed by atoms with van der Waals surface area (Å²) in [7, 11) is -3.98. The van der Waals surface area contributed by atoms with Gasteiger partial charge >= 0.3 is 0 Å². The van der Waals surface area contributed by atoms with Gasteiger partial charge in [-0.2, -0.15) is 0 Å². The molecule has 0 radical (unpaired) electrons. The average Bonchev–Trinajstić information content (AvgIpc) is 3.04. The first-order valence-corrected chi connectivity index (χ1v) is 8.92. The molecule has 0 saturated carbocycles. The van der Waals surface area contributed by atoms with Crippen LogP contribution in [-0.4, -0.2) is 23.2 Å². The quantitative estimate of drug-likeness (QED) is 0.750. The molecule has 2 heterocycles. The van der Waals surface area contributed by atoms with Crippen LogP contribution in [0.15, 0.2) is 51.4 Å². The number of nitrogens with two attached hydrogens (primary N) is 1. The van der Waals surface area contributed by atoms with Gasteiger partial charge in [0.2, 0.25) is 0 Å². The van der Waals surface area contributed by atoms with Gasteiger partial charge in [-0.25, -0.2) is 13.6 Å². The zero-order valence-corrected chi connectivity index (χ0v) is 13.7. The number of para-hydroxylation sites is 1. The monoisotopic (exact) mass is 384 g/mol. The maximum absolute atomic E-state index is 11.7. The van der Waals surface area contributed by atoms with Crippen LogP contribution in [0.4, 0.5) is 0 Å². The minimum atomic E-state index is -3.98. The lowest BCUT2D eigenvalue weighted by molar-refractivity contribution is 0.585. The molecule has 0 aliphatic heterocycles. The van der Waals surface area contributed by atoms with Crippen molar-refractivity contribution in [2.45, 2.75) is 5.16 Å². The van der Waals surface area contributed by atoms with Crippen molar-refractivity contribution in [1.29, 1.82) is 0 Å². The zero-order chi connectivity index (χ0) is 15.0. The van der Waals surface area contributed by atoms with Crippen molar-refractivity contribution < 1.29 is 8.42 Å². The van der Waals surface area contributed by atoms with E-state index in [1.165, 1.54) is 15.9 Å². The lowest BCUT2D eigenvalue weighted by Crippen LogP contribution is -2.18. The fraction of sp³-hybridized carbons (Fsp3) is 0. The standard InChI is InChI=1S/C12H9BrN4O2S2/c13-10-7-6-9(20-10)11-15-16-12(21(14,18)19)17(11)8-4-2-1-3-5-8/h1-7H,(H2,14,18,19). The molecule has 0 aliphatic rings. The van der Waals surface area contributed by atoms with E-state index in [2.05, 4.69) is 26.1 Å². The van der Waals surface area contributed by atoms with Gasteiger partial charge in [-0.1, -0.05) is 18.2 Å². The Morgan fingerprint density at radius 3 is 2.38 bits per heavy atom. The molecule has 1 aromatic carbocycles. The molecular weight excluding hydrogens is 376 g/mol. The Morgan fingerprint density at radius 1 is 1.10 bits per heavy atom. The van der Waals surface area contributed by atoms with Gasteiger partial charge in [-0.15, -0.1) is 21.5 Å². The van der Waals surface area contributed by atoms with Crippen LogP contribution in [0.25, 0.3) is 16.4 Å². The number of hydrogen-bond acceptors (Lipinski definition) is 5. The van der Waals surface area contributed by atoms with Crippen molar-refractivity contribution in [3.63, 3.8) is 0 Å². The highest BCUT2D eigenvalue weighted by molar-refractivity contribution is 9.11. The van der Waals surface area contributed by atoms with E-state index in [1.807, 2.05) is 18.2 Å². The number of rotatable bonds is 3. The Labute approximate surface area is 133 Å². The van der Waals surface area contributed by atoms with Gasteiger partial charge in [0.05, 0.1) is 8.66 Å². The highest BCUT2D eigenvalue weighted by Gasteiger charge is 2.23. The first-order chi connectivity index (χ1) is 9.97. The summed E-state index contributed by atoms with van der Waals surface area (Å²) < 4.78 is 25.8. The molecule has 0 unspecified atom stereocenters. The van der Waals surface area contributed by atoms with E-state index >= 15 is 0 Å². The molecule has 2 aromatic heterocycles. The van der Waals surface area contributed by atoms with E-state index in [1.54, 1.807) is 24.3 Å². The number of sulfonamides is 1. The molecule has 6 nitrogen and oxygen atoms in total. The molecule has 3 aromatic rings. The molecule has 0 bridgehead atoms. The fourth-order valence-corrected chi connectivity index (χ4v) is 3.82.